The molecule has 0 aromatic rings. The van der Waals surface area contributed by atoms with Crippen LogP contribution in [0.15, 0.2) is 0 Å². The van der Waals surface area contributed by atoms with Crippen molar-refractivity contribution in [2.75, 3.05) is 0 Å². The summed E-state index contributed by atoms with van der Waals surface area (Å²) < 4.78 is 0. The molecule has 0 spiro atoms. The standard InChI is InChI=1S/C14H28/c1-5-11(3)12(4)14-9-7-8-13(6-2)10-14/h11-14H,5-10H2,1-4H3. The Labute approximate surface area is 90.5 Å². The minimum absolute atomic E-state index is 0.926. The smallest absolute Gasteiger partial charge is 0.0383 e. The van der Waals surface area contributed by atoms with Crippen LogP contribution in [0.4, 0.5) is 0 Å². The van der Waals surface area contributed by atoms with E-state index in [1.807, 2.05) is 0 Å². The van der Waals surface area contributed by atoms with Gasteiger partial charge in [0.2, 0.25) is 0 Å². The van der Waals surface area contributed by atoms with Crippen LogP contribution >= 0.6 is 0 Å². The van der Waals surface area contributed by atoms with Gasteiger partial charge in [-0.3, -0.25) is 0 Å². The van der Waals surface area contributed by atoms with E-state index >= 15 is 0 Å². The lowest BCUT2D eigenvalue weighted by molar-refractivity contribution is 0.160. The zero-order chi connectivity index (χ0) is 10.6. The van der Waals surface area contributed by atoms with E-state index in [1.54, 1.807) is 0 Å². The van der Waals surface area contributed by atoms with Crippen molar-refractivity contribution in [3.8, 4) is 0 Å². The Morgan fingerprint density at radius 1 is 1.14 bits per heavy atom. The molecular formula is C14H28. The minimum atomic E-state index is 0.926. The van der Waals surface area contributed by atoms with E-state index in [4.69, 9.17) is 0 Å². The third-order valence-electron chi connectivity index (χ3n) is 4.69. The Morgan fingerprint density at radius 2 is 1.86 bits per heavy atom. The lowest BCUT2D eigenvalue weighted by atomic mass is 9.71. The van der Waals surface area contributed by atoms with Gasteiger partial charge >= 0.3 is 0 Å². The van der Waals surface area contributed by atoms with Crippen molar-refractivity contribution in [2.24, 2.45) is 23.7 Å². The summed E-state index contributed by atoms with van der Waals surface area (Å²) in [5.74, 6) is 3.95. The molecule has 0 bridgehead atoms. The van der Waals surface area contributed by atoms with Crippen LogP contribution in [0.1, 0.15) is 66.2 Å². The molecular weight excluding hydrogens is 168 g/mol. The van der Waals surface area contributed by atoms with Crippen LogP contribution in [-0.2, 0) is 0 Å². The van der Waals surface area contributed by atoms with Crippen molar-refractivity contribution in [1.29, 1.82) is 0 Å². The fourth-order valence-electron chi connectivity index (χ4n) is 3.02. The van der Waals surface area contributed by atoms with Crippen molar-refractivity contribution >= 4 is 0 Å². The van der Waals surface area contributed by atoms with Crippen molar-refractivity contribution < 1.29 is 0 Å². The van der Waals surface area contributed by atoms with Crippen molar-refractivity contribution in [3.63, 3.8) is 0 Å². The highest BCUT2D eigenvalue weighted by Crippen LogP contribution is 2.38. The van der Waals surface area contributed by atoms with Crippen LogP contribution in [0, 0.1) is 23.7 Å². The minimum Gasteiger partial charge on any atom is -0.0651 e. The van der Waals surface area contributed by atoms with Gasteiger partial charge in [0.1, 0.15) is 0 Å². The Hall–Kier alpha value is 0. The average molecular weight is 196 g/mol. The molecule has 1 aliphatic rings. The first-order valence-corrected chi connectivity index (χ1v) is 6.69. The zero-order valence-electron chi connectivity index (χ0n) is 10.6. The first kappa shape index (κ1) is 12.1. The Balaban J connectivity index is 2.42. The molecule has 1 fully saturated rings. The summed E-state index contributed by atoms with van der Waals surface area (Å²) in [5.41, 5.74) is 0. The molecule has 4 atom stereocenters. The highest BCUT2D eigenvalue weighted by atomic mass is 14.3. The third kappa shape index (κ3) is 3.00. The van der Waals surface area contributed by atoms with Crippen molar-refractivity contribution in [1.82, 2.24) is 0 Å². The molecule has 0 aromatic carbocycles. The number of hydrogen-bond acceptors (Lipinski definition) is 0. The van der Waals surface area contributed by atoms with Crippen molar-refractivity contribution in [2.45, 2.75) is 66.2 Å². The van der Waals surface area contributed by atoms with Gasteiger partial charge in [-0.15, -0.1) is 0 Å². The second kappa shape index (κ2) is 5.78. The topological polar surface area (TPSA) is 0 Å². The second-order valence-corrected chi connectivity index (χ2v) is 5.45. The average Bonchev–Trinajstić information content (AvgIpc) is 2.27. The molecule has 1 aliphatic carbocycles. The van der Waals surface area contributed by atoms with Crippen LogP contribution < -0.4 is 0 Å². The zero-order valence-corrected chi connectivity index (χ0v) is 10.6. The maximum absolute atomic E-state index is 2.48. The quantitative estimate of drug-likeness (QED) is 0.601. The molecule has 14 heavy (non-hydrogen) atoms. The highest BCUT2D eigenvalue weighted by molar-refractivity contribution is 4.78. The van der Waals surface area contributed by atoms with E-state index in [1.165, 1.54) is 38.5 Å². The SMILES string of the molecule is CCC1CCCC(C(C)C(C)CC)C1. The number of hydrogen-bond donors (Lipinski definition) is 0. The normalized spacial score (nSPS) is 32.6. The fraction of sp³-hybridized carbons (Fsp3) is 1.00. The molecule has 4 unspecified atom stereocenters. The van der Waals surface area contributed by atoms with E-state index in [0.717, 1.165) is 23.7 Å². The van der Waals surface area contributed by atoms with E-state index in [-0.39, 0.29) is 0 Å². The van der Waals surface area contributed by atoms with Crippen LogP contribution in [-0.4, -0.2) is 0 Å². The molecule has 0 N–H and O–H groups in total. The third-order valence-corrected chi connectivity index (χ3v) is 4.69. The lowest BCUT2D eigenvalue weighted by Crippen LogP contribution is -2.24. The molecule has 0 aliphatic heterocycles. The Morgan fingerprint density at radius 3 is 2.43 bits per heavy atom. The highest BCUT2D eigenvalue weighted by Gasteiger charge is 2.27. The Kier molecular flexibility index (Phi) is 4.98. The lowest BCUT2D eigenvalue weighted by Gasteiger charge is -2.35. The molecule has 0 heteroatoms. The van der Waals surface area contributed by atoms with Gasteiger partial charge in [0.25, 0.3) is 0 Å². The van der Waals surface area contributed by atoms with E-state index in [2.05, 4.69) is 27.7 Å². The maximum atomic E-state index is 2.48. The van der Waals surface area contributed by atoms with Gasteiger partial charge in [-0.2, -0.15) is 0 Å². The predicted molar refractivity (Wildman–Crippen MR) is 64.4 cm³/mol. The molecule has 0 heterocycles. The summed E-state index contributed by atoms with van der Waals surface area (Å²) in [6.07, 6.45) is 8.77. The van der Waals surface area contributed by atoms with E-state index < -0.39 is 0 Å². The molecule has 0 nitrogen and oxygen atoms in total. The molecule has 1 saturated carbocycles. The summed E-state index contributed by atoms with van der Waals surface area (Å²) in [7, 11) is 0. The largest absolute Gasteiger partial charge is 0.0651 e. The van der Waals surface area contributed by atoms with Gasteiger partial charge in [-0.1, -0.05) is 59.8 Å². The van der Waals surface area contributed by atoms with Crippen LogP contribution in [0.5, 0.6) is 0 Å². The van der Waals surface area contributed by atoms with Gasteiger partial charge in [-0.25, -0.2) is 0 Å². The van der Waals surface area contributed by atoms with Gasteiger partial charge in [0.05, 0.1) is 0 Å². The number of rotatable bonds is 4. The summed E-state index contributed by atoms with van der Waals surface area (Å²) in [4.78, 5) is 0. The molecule has 0 amide bonds. The second-order valence-electron chi connectivity index (χ2n) is 5.45. The monoisotopic (exact) mass is 196 g/mol. The summed E-state index contributed by atoms with van der Waals surface area (Å²) in [5, 5.41) is 0. The van der Waals surface area contributed by atoms with Gasteiger partial charge in [0, 0.05) is 0 Å². The van der Waals surface area contributed by atoms with Gasteiger partial charge < -0.3 is 0 Å². The predicted octanol–water partition coefficient (Wildman–Crippen LogP) is 4.89. The fourth-order valence-corrected chi connectivity index (χ4v) is 3.02. The van der Waals surface area contributed by atoms with Gasteiger partial charge in [-0.05, 0) is 30.1 Å². The molecule has 0 radical (unpaired) electrons. The van der Waals surface area contributed by atoms with Crippen LogP contribution in [0.2, 0.25) is 0 Å². The maximum Gasteiger partial charge on any atom is -0.0383 e. The summed E-state index contributed by atoms with van der Waals surface area (Å²) >= 11 is 0. The van der Waals surface area contributed by atoms with E-state index in [9.17, 15) is 0 Å². The molecule has 0 saturated heterocycles. The van der Waals surface area contributed by atoms with Crippen molar-refractivity contribution in [3.05, 3.63) is 0 Å². The summed E-state index contributed by atoms with van der Waals surface area (Å²) in [6.45, 7) is 9.61. The molecule has 1 rings (SSSR count). The molecule has 0 aromatic heterocycles. The van der Waals surface area contributed by atoms with E-state index in [0.29, 0.717) is 0 Å². The Bertz CT molecular complexity index is 148. The summed E-state index contributed by atoms with van der Waals surface area (Å²) in [6, 6.07) is 0. The van der Waals surface area contributed by atoms with Crippen LogP contribution in [0.3, 0.4) is 0 Å². The van der Waals surface area contributed by atoms with Gasteiger partial charge in [0.15, 0.2) is 0 Å². The first-order chi connectivity index (χ1) is 6.69. The van der Waals surface area contributed by atoms with Crippen LogP contribution in [0.25, 0.3) is 0 Å². The first-order valence-electron chi connectivity index (χ1n) is 6.69. The molecule has 84 valence electrons.